The first-order valence-corrected chi connectivity index (χ1v) is 6.23. The van der Waals surface area contributed by atoms with Gasteiger partial charge in [-0.05, 0) is 52.9 Å². The zero-order chi connectivity index (χ0) is 10.1. The smallest absolute Gasteiger partial charge is 0.0479 e. The fourth-order valence-corrected chi connectivity index (χ4v) is 3.17. The minimum Gasteiger partial charge on any atom is -0.144 e. The van der Waals surface area contributed by atoms with Crippen LogP contribution in [0.25, 0.3) is 10.1 Å². The van der Waals surface area contributed by atoms with Gasteiger partial charge in [0.15, 0.2) is 0 Å². The summed E-state index contributed by atoms with van der Waals surface area (Å²) in [5.74, 6) is 0.626. The number of hydrogen-bond donors (Lipinski definition) is 0. The first kappa shape index (κ1) is 10.0. The zero-order valence-electron chi connectivity index (χ0n) is 8.43. The van der Waals surface area contributed by atoms with Crippen LogP contribution in [0.15, 0.2) is 17.5 Å². The predicted octanol–water partition coefficient (Wildman–Crippen LogP) is 4.51. The van der Waals surface area contributed by atoms with E-state index in [9.17, 15) is 0 Å². The van der Waals surface area contributed by atoms with Crippen LogP contribution in [0.4, 0.5) is 0 Å². The standard InChI is InChI=1S/C12H13ClS/c1-3-9-6-12-10(4-5-14-12)8(2)11(9)7-13/h4-6H,3,7H2,1-2H3. The third kappa shape index (κ3) is 1.45. The Morgan fingerprint density at radius 1 is 1.43 bits per heavy atom. The van der Waals surface area contributed by atoms with Gasteiger partial charge in [-0.2, -0.15) is 0 Å². The number of aryl methyl sites for hydroxylation is 2. The average molecular weight is 225 g/mol. The second-order valence-electron chi connectivity index (χ2n) is 3.46. The molecule has 0 N–H and O–H groups in total. The summed E-state index contributed by atoms with van der Waals surface area (Å²) < 4.78 is 1.38. The molecule has 14 heavy (non-hydrogen) atoms. The maximum Gasteiger partial charge on any atom is 0.0479 e. The van der Waals surface area contributed by atoms with Gasteiger partial charge in [-0.15, -0.1) is 22.9 Å². The van der Waals surface area contributed by atoms with Gasteiger partial charge in [0, 0.05) is 10.6 Å². The van der Waals surface area contributed by atoms with Gasteiger partial charge in [-0.25, -0.2) is 0 Å². The van der Waals surface area contributed by atoms with Gasteiger partial charge >= 0.3 is 0 Å². The van der Waals surface area contributed by atoms with Crippen LogP contribution in [0.5, 0.6) is 0 Å². The van der Waals surface area contributed by atoms with Gasteiger partial charge in [-0.3, -0.25) is 0 Å². The number of thiophene rings is 1. The fraction of sp³-hybridized carbons (Fsp3) is 0.333. The first-order valence-electron chi connectivity index (χ1n) is 4.82. The molecule has 0 spiro atoms. The van der Waals surface area contributed by atoms with Crippen molar-refractivity contribution < 1.29 is 0 Å². The molecule has 0 aliphatic rings. The molecule has 74 valence electrons. The fourth-order valence-electron chi connectivity index (χ4n) is 1.89. The molecule has 0 bridgehead atoms. The lowest BCUT2D eigenvalue weighted by Crippen LogP contribution is -1.93. The van der Waals surface area contributed by atoms with Crippen molar-refractivity contribution in [3.63, 3.8) is 0 Å². The van der Waals surface area contributed by atoms with Crippen molar-refractivity contribution in [2.45, 2.75) is 26.1 Å². The Bertz CT molecular complexity index is 457. The number of alkyl halides is 1. The Morgan fingerprint density at radius 2 is 2.21 bits per heavy atom. The van der Waals surface area contributed by atoms with E-state index in [1.807, 2.05) is 11.3 Å². The Labute approximate surface area is 93.5 Å². The zero-order valence-corrected chi connectivity index (χ0v) is 10.0. The SMILES string of the molecule is CCc1cc2sccc2c(C)c1CCl. The molecule has 0 unspecified atom stereocenters. The molecule has 0 nitrogen and oxygen atoms in total. The van der Waals surface area contributed by atoms with Crippen LogP contribution < -0.4 is 0 Å². The lowest BCUT2D eigenvalue weighted by Gasteiger charge is -2.09. The van der Waals surface area contributed by atoms with Crippen molar-refractivity contribution in [3.8, 4) is 0 Å². The minimum absolute atomic E-state index is 0.626. The molecule has 0 amide bonds. The molecule has 2 rings (SSSR count). The van der Waals surface area contributed by atoms with Crippen LogP contribution in [0.3, 0.4) is 0 Å². The molecular weight excluding hydrogens is 212 g/mol. The normalized spacial score (nSPS) is 11.1. The van der Waals surface area contributed by atoms with Crippen LogP contribution >= 0.6 is 22.9 Å². The number of benzene rings is 1. The molecule has 1 aromatic carbocycles. The molecule has 2 aromatic rings. The van der Waals surface area contributed by atoms with Gasteiger partial charge < -0.3 is 0 Å². The van der Waals surface area contributed by atoms with E-state index in [-0.39, 0.29) is 0 Å². The molecule has 1 aromatic heterocycles. The molecule has 0 fully saturated rings. The third-order valence-corrected chi connectivity index (χ3v) is 3.89. The quantitative estimate of drug-likeness (QED) is 0.659. The maximum absolute atomic E-state index is 5.99. The summed E-state index contributed by atoms with van der Waals surface area (Å²) in [5, 5.41) is 3.51. The van der Waals surface area contributed by atoms with Crippen molar-refractivity contribution in [2.75, 3.05) is 0 Å². The Morgan fingerprint density at radius 3 is 2.86 bits per heavy atom. The van der Waals surface area contributed by atoms with Gasteiger partial charge in [0.05, 0.1) is 0 Å². The van der Waals surface area contributed by atoms with E-state index >= 15 is 0 Å². The minimum atomic E-state index is 0.626. The van der Waals surface area contributed by atoms with Crippen molar-refractivity contribution in [3.05, 3.63) is 34.2 Å². The van der Waals surface area contributed by atoms with Gasteiger partial charge in [0.2, 0.25) is 0 Å². The lowest BCUT2D eigenvalue weighted by atomic mass is 9.98. The van der Waals surface area contributed by atoms with E-state index in [1.54, 1.807) is 0 Å². The highest BCUT2D eigenvalue weighted by molar-refractivity contribution is 7.17. The molecule has 0 atom stereocenters. The summed E-state index contributed by atoms with van der Waals surface area (Å²) in [5.41, 5.74) is 4.07. The number of halogens is 1. The topological polar surface area (TPSA) is 0 Å². The monoisotopic (exact) mass is 224 g/mol. The van der Waals surface area contributed by atoms with Crippen LogP contribution in [0, 0.1) is 6.92 Å². The number of rotatable bonds is 2. The van der Waals surface area contributed by atoms with E-state index in [0.717, 1.165) is 6.42 Å². The summed E-state index contributed by atoms with van der Waals surface area (Å²) in [6.45, 7) is 4.36. The van der Waals surface area contributed by atoms with Crippen LogP contribution in [0.1, 0.15) is 23.6 Å². The third-order valence-electron chi connectivity index (χ3n) is 2.76. The van der Waals surface area contributed by atoms with Crippen molar-refractivity contribution >= 4 is 33.0 Å². The molecule has 0 radical (unpaired) electrons. The second-order valence-corrected chi connectivity index (χ2v) is 4.67. The molecular formula is C12H13ClS. The van der Waals surface area contributed by atoms with Crippen molar-refractivity contribution in [1.29, 1.82) is 0 Å². The first-order chi connectivity index (χ1) is 6.77. The highest BCUT2D eigenvalue weighted by atomic mass is 35.5. The van der Waals surface area contributed by atoms with E-state index < -0.39 is 0 Å². The lowest BCUT2D eigenvalue weighted by molar-refractivity contribution is 1.09. The average Bonchev–Trinajstić information content (AvgIpc) is 2.65. The summed E-state index contributed by atoms with van der Waals surface area (Å²) >= 11 is 7.79. The largest absolute Gasteiger partial charge is 0.144 e. The molecule has 0 saturated heterocycles. The van der Waals surface area contributed by atoms with E-state index in [4.69, 9.17) is 11.6 Å². The highest BCUT2D eigenvalue weighted by Gasteiger charge is 2.08. The summed E-state index contributed by atoms with van der Waals surface area (Å²) in [4.78, 5) is 0. The molecule has 0 aliphatic heterocycles. The van der Waals surface area contributed by atoms with E-state index in [0.29, 0.717) is 5.88 Å². The Kier molecular flexibility index (Phi) is 2.80. The number of hydrogen-bond acceptors (Lipinski definition) is 1. The molecule has 2 heteroatoms. The van der Waals surface area contributed by atoms with Crippen molar-refractivity contribution in [1.82, 2.24) is 0 Å². The van der Waals surface area contributed by atoms with Crippen LogP contribution in [-0.2, 0) is 12.3 Å². The van der Waals surface area contributed by atoms with E-state index in [1.165, 1.54) is 26.8 Å². The highest BCUT2D eigenvalue weighted by Crippen LogP contribution is 2.30. The van der Waals surface area contributed by atoms with Gasteiger partial charge in [-0.1, -0.05) is 6.92 Å². The van der Waals surface area contributed by atoms with Crippen molar-refractivity contribution in [2.24, 2.45) is 0 Å². The Balaban J connectivity index is 2.79. The van der Waals surface area contributed by atoms with Gasteiger partial charge in [0.25, 0.3) is 0 Å². The molecule has 1 heterocycles. The maximum atomic E-state index is 5.99. The predicted molar refractivity (Wildman–Crippen MR) is 65.5 cm³/mol. The Hall–Kier alpha value is -0.530. The second kappa shape index (κ2) is 3.92. The van der Waals surface area contributed by atoms with E-state index in [2.05, 4.69) is 31.4 Å². The number of fused-ring (bicyclic) bond motifs is 1. The van der Waals surface area contributed by atoms with Gasteiger partial charge in [0.1, 0.15) is 0 Å². The summed E-state index contributed by atoms with van der Waals surface area (Å²) in [6.07, 6.45) is 1.07. The molecule has 0 saturated carbocycles. The summed E-state index contributed by atoms with van der Waals surface area (Å²) in [6, 6.07) is 4.47. The summed E-state index contributed by atoms with van der Waals surface area (Å²) in [7, 11) is 0. The molecule has 0 aliphatic carbocycles. The van der Waals surface area contributed by atoms with Crippen LogP contribution in [-0.4, -0.2) is 0 Å². The van der Waals surface area contributed by atoms with Crippen LogP contribution in [0.2, 0.25) is 0 Å².